The van der Waals surface area contributed by atoms with Gasteiger partial charge in [0, 0.05) is 17.4 Å². The molecule has 1 aliphatic rings. The number of carboxylic acids is 1. The number of aromatic carboxylic acids is 1. The van der Waals surface area contributed by atoms with Gasteiger partial charge in [0.2, 0.25) is 5.76 Å². The molecule has 1 fully saturated rings. The highest BCUT2D eigenvalue weighted by molar-refractivity contribution is 7.93. The Labute approximate surface area is 124 Å². The zero-order valence-corrected chi connectivity index (χ0v) is 12.6. The number of hydrogen-bond acceptors (Lipinski definition) is 6. The van der Waals surface area contributed by atoms with Crippen molar-refractivity contribution in [3.05, 3.63) is 28.7 Å². The van der Waals surface area contributed by atoms with Crippen LogP contribution in [0.25, 0.3) is 0 Å². The molecule has 0 spiro atoms. The van der Waals surface area contributed by atoms with Gasteiger partial charge in [-0.15, -0.1) is 11.3 Å². The van der Waals surface area contributed by atoms with E-state index in [-0.39, 0.29) is 15.8 Å². The minimum atomic E-state index is -3.91. The Balaban J connectivity index is 1.87. The topological polar surface area (TPSA) is 109 Å². The van der Waals surface area contributed by atoms with Crippen LogP contribution in [-0.4, -0.2) is 24.5 Å². The van der Waals surface area contributed by atoms with Crippen molar-refractivity contribution in [2.45, 2.75) is 30.6 Å². The molecule has 0 radical (unpaired) electrons. The van der Waals surface area contributed by atoms with Gasteiger partial charge >= 0.3 is 5.97 Å². The van der Waals surface area contributed by atoms with Crippen molar-refractivity contribution in [2.75, 3.05) is 4.72 Å². The smallest absolute Gasteiger partial charge is 0.371 e. The van der Waals surface area contributed by atoms with Crippen molar-refractivity contribution in [2.24, 2.45) is 0 Å². The van der Waals surface area contributed by atoms with Crippen LogP contribution in [0.2, 0.25) is 0 Å². The third-order valence-corrected chi connectivity index (χ3v) is 5.46. The summed E-state index contributed by atoms with van der Waals surface area (Å²) < 4.78 is 31.8. The fourth-order valence-corrected chi connectivity index (χ4v) is 4.13. The molecular formula is C12H12N2O5S2. The number of sulfonamides is 1. The zero-order valence-electron chi connectivity index (χ0n) is 11.0. The summed E-state index contributed by atoms with van der Waals surface area (Å²) in [5.41, 5.74) is 0.896. The molecule has 0 atom stereocenters. The van der Waals surface area contributed by atoms with Crippen LogP contribution in [0.3, 0.4) is 0 Å². The predicted octanol–water partition coefficient (Wildman–Crippen LogP) is 2.42. The number of nitrogens with zero attached hydrogens (tertiary/aromatic N) is 1. The van der Waals surface area contributed by atoms with Gasteiger partial charge in [0.25, 0.3) is 10.0 Å². The van der Waals surface area contributed by atoms with E-state index in [9.17, 15) is 13.2 Å². The summed E-state index contributed by atoms with van der Waals surface area (Å²) in [7, 11) is -3.91. The van der Waals surface area contributed by atoms with Gasteiger partial charge in [-0.3, -0.25) is 4.72 Å². The first-order valence-corrected chi connectivity index (χ1v) is 8.55. The lowest BCUT2D eigenvalue weighted by Gasteiger charge is -2.02. The number of hydrogen-bond donors (Lipinski definition) is 2. The van der Waals surface area contributed by atoms with Gasteiger partial charge in [-0.2, -0.15) is 0 Å². The van der Waals surface area contributed by atoms with Gasteiger partial charge in [-0.05, 0) is 19.8 Å². The molecule has 0 amide bonds. The fourth-order valence-electron chi connectivity index (χ4n) is 1.91. The highest BCUT2D eigenvalue weighted by Crippen LogP contribution is 2.41. The Morgan fingerprint density at radius 2 is 2.24 bits per heavy atom. The zero-order chi connectivity index (χ0) is 15.2. The van der Waals surface area contributed by atoms with Crippen molar-refractivity contribution in [3.63, 3.8) is 0 Å². The SMILES string of the molecule is Cc1oc(C(=O)O)cc1S(=O)(=O)Nc1nc(C2CC2)cs1. The minimum Gasteiger partial charge on any atom is -0.475 e. The molecule has 2 aromatic rings. The lowest BCUT2D eigenvalue weighted by molar-refractivity contribution is 0.0661. The first kappa shape index (κ1) is 14.1. The van der Waals surface area contributed by atoms with E-state index in [4.69, 9.17) is 9.52 Å². The average molecular weight is 328 g/mol. The standard InChI is InChI=1S/C12H12N2O5S2/c1-6-10(4-9(19-6)11(15)16)21(17,18)14-12-13-8(5-20-12)7-2-3-7/h4-5,7H,2-3H2,1H3,(H,13,14)(H,15,16). The highest BCUT2D eigenvalue weighted by atomic mass is 32.2. The minimum absolute atomic E-state index is 0.0267. The van der Waals surface area contributed by atoms with Gasteiger partial charge in [0.05, 0.1) is 5.69 Å². The maximum atomic E-state index is 12.3. The first-order chi connectivity index (χ1) is 9.87. The molecule has 1 aliphatic carbocycles. The summed E-state index contributed by atoms with van der Waals surface area (Å²) in [5, 5.41) is 10.9. The molecule has 2 heterocycles. The molecule has 112 valence electrons. The van der Waals surface area contributed by atoms with Crippen molar-refractivity contribution in [1.29, 1.82) is 0 Å². The van der Waals surface area contributed by atoms with Gasteiger partial charge in [0.15, 0.2) is 5.13 Å². The number of rotatable bonds is 5. The van der Waals surface area contributed by atoms with Crippen LogP contribution in [0.5, 0.6) is 0 Å². The molecule has 21 heavy (non-hydrogen) atoms. The van der Waals surface area contributed by atoms with Gasteiger partial charge in [-0.1, -0.05) is 0 Å². The van der Waals surface area contributed by atoms with E-state index in [1.807, 2.05) is 5.38 Å². The highest BCUT2D eigenvalue weighted by Gasteiger charge is 2.28. The van der Waals surface area contributed by atoms with E-state index in [1.165, 1.54) is 18.3 Å². The summed E-state index contributed by atoms with van der Waals surface area (Å²) in [6, 6.07) is 0.995. The Morgan fingerprint density at radius 1 is 1.52 bits per heavy atom. The summed E-state index contributed by atoms with van der Waals surface area (Å²) in [6.07, 6.45) is 2.16. The predicted molar refractivity (Wildman–Crippen MR) is 75.3 cm³/mol. The maximum absolute atomic E-state index is 12.3. The molecule has 0 aliphatic heterocycles. The second-order valence-corrected chi connectivity index (χ2v) is 7.30. The largest absolute Gasteiger partial charge is 0.475 e. The first-order valence-electron chi connectivity index (χ1n) is 6.19. The third-order valence-electron chi connectivity index (χ3n) is 3.11. The van der Waals surface area contributed by atoms with Gasteiger partial charge in [-0.25, -0.2) is 18.2 Å². The molecule has 0 unspecified atom stereocenters. The second kappa shape index (κ2) is 4.85. The molecule has 3 rings (SSSR count). The molecule has 9 heteroatoms. The second-order valence-electron chi connectivity index (χ2n) is 4.79. The monoisotopic (exact) mass is 328 g/mol. The Morgan fingerprint density at radius 3 is 2.81 bits per heavy atom. The van der Waals surface area contributed by atoms with Crippen LogP contribution in [0.1, 0.15) is 40.8 Å². The van der Waals surface area contributed by atoms with Gasteiger partial charge in [0.1, 0.15) is 10.7 Å². The Kier molecular flexibility index (Phi) is 3.25. The lowest BCUT2D eigenvalue weighted by atomic mass is 10.3. The molecular weight excluding hydrogens is 316 g/mol. The van der Waals surface area contributed by atoms with Crippen LogP contribution < -0.4 is 4.72 Å². The number of carboxylic acid groups (broad SMARTS) is 1. The van der Waals surface area contributed by atoms with Crippen LogP contribution in [0.4, 0.5) is 5.13 Å². The van der Waals surface area contributed by atoms with Crippen molar-refractivity contribution in [3.8, 4) is 0 Å². The normalized spacial score (nSPS) is 15.1. The maximum Gasteiger partial charge on any atom is 0.371 e. The van der Waals surface area contributed by atoms with Crippen LogP contribution >= 0.6 is 11.3 Å². The Bertz CT molecular complexity index is 801. The summed E-state index contributed by atoms with van der Waals surface area (Å²) >= 11 is 1.21. The molecule has 2 N–H and O–H groups in total. The van der Waals surface area contributed by atoms with Crippen LogP contribution in [0, 0.1) is 6.92 Å². The third kappa shape index (κ3) is 2.79. The average Bonchev–Trinajstić information content (AvgIpc) is 3.01. The fraction of sp³-hybridized carbons (Fsp3) is 0.333. The van der Waals surface area contributed by atoms with Gasteiger partial charge < -0.3 is 9.52 Å². The van der Waals surface area contributed by atoms with E-state index >= 15 is 0 Å². The number of aromatic nitrogens is 1. The lowest BCUT2D eigenvalue weighted by Crippen LogP contribution is -2.13. The van der Waals surface area contributed by atoms with E-state index < -0.39 is 21.8 Å². The quantitative estimate of drug-likeness (QED) is 0.872. The van der Waals surface area contributed by atoms with Crippen molar-refractivity contribution in [1.82, 2.24) is 4.98 Å². The van der Waals surface area contributed by atoms with E-state index in [0.717, 1.165) is 24.6 Å². The summed E-state index contributed by atoms with van der Waals surface area (Å²) in [4.78, 5) is 14.9. The molecule has 2 aromatic heterocycles. The van der Waals surface area contributed by atoms with Crippen molar-refractivity contribution < 1.29 is 22.7 Å². The summed E-state index contributed by atoms with van der Waals surface area (Å²) in [6.45, 7) is 1.40. The molecule has 1 saturated carbocycles. The number of thiazole rings is 1. The number of nitrogens with one attached hydrogen (secondary N) is 1. The van der Waals surface area contributed by atoms with Crippen LogP contribution in [0.15, 0.2) is 20.8 Å². The number of anilines is 1. The Hall–Kier alpha value is -1.87. The van der Waals surface area contributed by atoms with Crippen molar-refractivity contribution >= 4 is 32.5 Å². The molecule has 0 aromatic carbocycles. The number of aryl methyl sites for hydroxylation is 1. The molecule has 0 saturated heterocycles. The van der Waals surface area contributed by atoms with E-state index in [1.54, 1.807) is 0 Å². The number of furan rings is 1. The van der Waals surface area contributed by atoms with Crippen LogP contribution in [-0.2, 0) is 10.0 Å². The van der Waals surface area contributed by atoms with E-state index in [0.29, 0.717) is 5.92 Å². The molecule has 0 bridgehead atoms. The number of carbonyl (C=O) groups is 1. The molecule has 7 nitrogen and oxygen atoms in total. The summed E-state index contributed by atoms with van der Waals surface area (Å²) in [5.74, 6) is -1.26. The van der Waals surface area contributed by atoms with E-state index in [2.05, 4.69) is 9.71 Å².